The predicted molar refractivity (Wildman–Crippen MR) is 81.9 cm³/mol. The van der Waals surface area contributed by atoms with Gasteiger partial charge in [0.05, 0.1) is 19.2 Å². The van der Waals surface area contributed by atoms with E-state index in [0.29, 0.717) is 23.9 Å². The molecular formula is C17H19FN2O. The van der Waals surface area contributed by atoms with E-state index in [4.69, 9.17) is 11.2 Å². The summed E-state index contributed by atoms with van der Waals surface area (Å²) < 4.78 is 19.2. The molecule has 3 rings (SSSR count). The lowest BCUT2D eigenvalue weighted by Gasteiger charge is -2.21. The fourth-order valence-corrected chi connectivity index (χ4v) is 3.21. The van der Waals surface area contributed by atoms with Crippen molar-refractivity contribution in [2.75, 3.05) is 20.2 Å². The van der Waals surface area contributed by atoms with Gasteiger partial charge in [-0.05, 0) is 37.4 Å². The Bertz CT molecular complexity index is 686. The van der Waals surface area contributed by atoms with Crippen molar-refractivity contribution < 1.29 is 9.13 Å². The second-order valence-corrected chi connectivity index (χ2v) is 5.52. The molecule has 1 aliphatic heterocycles. The van der Waals surface area contributed by atoms with Crippen molar-refractivity contribution in [2.45, 2.75) is 25.3 Å². The van der Waals surface area contributed by atoms with Crippen molar-refractivity contribution in [3.8, 4) is 18.1 Å². The van der Waals surface area contributed by atoms with Gasteiger partial charge in [-0.1, -0.05) is 5.92 Å². The van der Waals surface area contributed by atoms with E-state index in [1.807, 2.05) is 12.3 Å². The highest BCUT2D eigenvalue weighted by Crippen LogP contribution is 2.29. The highest BCUT2D eigenvalue weighted by Gasteiger charge is 2.25. The molecule has 1 aliphatic rings. The van der Waals surface area contributed by atoms with Gasteiger partial charge in [0.15, 0.2) is 5.82 Å². The molecular weight excluding hydrogens is 267 g/mol. The number of nitrogens with zero attached hydrogens (tertiary/aromatic N) is 1. The number of halogens is 1. The average Bonchev–Trinajstić information content (AvgIpc) is 3.08. The molecule has 3 nitrogen and oxygen atoms in total. The minimum absolute atomic E-state index is 0.275. The molecule has 110 valence electrons. The standard InChI is InChI=1S/C17H19FN2O/c1-3-6-20-7-4-5-13(20)8-12-11-19-17-15(12)9-14(21-2)10-16(17)18/h1,9-11,13,19H,4-8H2,2H3/t13-/m1/s1. The molecule has 0 aliphatic carbocycles. The molecule has 0 bridgehead atoms. The second kappa shape index (κ2) is 5.79. The molecule has 0 spiro atoms. The molecule has 1 aromatic carbocycles. The van der Waals surface area contributed by atoms with Crippen LogP contribution in [0.15, 0.2) is 18.3 Å². The van der Waals surface area contributed by atoms with E-state index in [-0.39, 0.29) is 5.82 Å². The Morgan fingerprint density at radius 3 is 3.14 bits per heavy atom. The summed E-state index contributed by atoms with van der Waals surface area (Å²) in [7, 11) is 1.55. The van der Waals surface area contributed by atoms with Gasteiger partial charge in [0.2, 0.25) is 0 Å². The summed E-state index contributed by atoms with van der Waals surface area (Å²) >= 11 is 0. The highest BCUT2D eigenvalue weighted by molar-refractivity contribution is 5.85. The largest absolute Gasteiger partial charge is 0.497 e. The van der Waals surface area contributed by atoms with E-state index in [0.717, 1.165) is 30.3 Å². The van der Waals surface area contributed by atoms with E-state index < -0.39 is 0 Å². The lowest BCUT2D eigenvalue weighted by atomic mass is 10.0. The molecule has 2 heterocycles. The van der Waals surface area contributed by atoms with Gasteiger partial charge in [-0.2, -0.15) is 0 Å². The Morgan fingerprint density at radius 2 is 2.38 bits per heavy atom. The fourth-order valence-electron chi connectivity index (χ4n) is 3.21. The first-order valence-corrected chi connectivity index (χ1v) is 7.24. The Morgan fingerprint density at radius 1 is 1.52 bits per heavy atom. The number of fused-ring (bicyclic) bond motifs is 1. The molecule has 4 heteroatoms. The highest BCUT2D eigenvalue weighted by atomic mass is 19.1. The number of aromatic amines is 1. The van der Waals surface area contributed by atoms with Gasteiger partial charge in [0.1, 0.15) is 5.75 Å². The second-order valence-electron chi connectivity index (χ2n) is 5.52. The van der Waals surface area contributed by atoms with E-state index in [1.54, 1.807) is 7.11 Å². The van der Waals surface area contributed by atoms with Gasteiger partial charge < -0.3 is 9.72 Å². The normalized spacial score (nSPS) is 19.0. The zero-order valence-corrected chi connectivity index (χ0v) is 12.2. The molecule has 0 unspecified atom stereocenters. The number of H-pyrrole nitrogens is 1. The van der Waals surface area contributed by atoms with E-state index >= 15 is 0 Å². The summed E-state index contributed by atoms with van der Waals surface area (Å²) in [4.78, 5) is 5.37. The molecule has 1 fully saturated rings. The van der Waals surface area contributed by atoms with Crippen LogP contribution in [0.1, 0.15) is 18.4 Å². The molecule has 0 radical (unpaired) electrons. The monoisotopic (exact) mass is 286 g/mol. The molecule has 0 saturated carbocycles. The molecule has 21 heavy (non-hydrogen) atoms. The lowest BCUT2D eigenvalue weighted by molar-refractivity contribution is 0.284. The maximum absolute atomic E-state index is 14.0. The maximum Gasteiger partial charge on any atom is 0.150 e. The summed E-state index contributed by atoms with van der Waals surface area (Å²) in [6, 6.07) is 3.74. The Balaban J connectivity index is 1.90. The quantitative estimate of drug-likeness (QED) is 0.875. The third-order valence-electron chi connectivity index (χ3n) is 4.29. The summed E-state index contributed by atoms with van der Waals surface area (Å²) in [5.74, 6) is 3.00. The minimum atomic E-state index is -0.275. The Labute approximate surface area is 124 Å². The first-order chi connectivity index (χ1) is 10.2. The number of methoxy groups -OCH3 is 1. The minimum Gasteiger partial charge on any atom is -0.497 e. The van der Waals surface area contributed by atoms with Gasteiger partial charge >= 0.3 is 0 Å². The van der Waals surface area contributed by atoms with Crippen molar-refractivity contribution in [2.24, 2.45) is 0 Å². The van der Waals surface area contributed by atoms with Crippen LogP contribution in [0.2, 0.25) is 0 Å². The number of terminal acetylenes is 1. The zero-order chi connectivity index (χ0) is 14.8. The van der Waals surface area contributed by atoms with Crippen LogP contribution in [0.3, 0.4) is 0 Å². The first-order valence-electron chi connectivity index (χ1n) is 7.24. The number of nitrogens with one attached hydrogen (secondary N) is 1. The van der Waals surface area contributed by atoms with Gasteiger partial charge in [0, 0.05) is 23.7 Å². The summed E-state index contributed by atoms with van der Waals surface area (Å²) in [5, 5.41) is 0.902. The van der Waals surface area contributed by atoms with Crippen molar-refractivity contribution in [1.29, 1.82) is 0 Å². The molecule has 1 aromatic heterocycles. The van der Waals surface area contributed by atoms with Crippen molar-refractivity contribution in [3.05, 3.63) is 29.7 Å². The molecule has 0 amide bonds. The van der Waals surface area contributed by atoms with Gasteiger partial charge in [-0.15, -0.1) is 6.42 Å². The predicted octanol–water partition coefficient (Wildman–Crippen LogP) is 2.96. The number of hydrogen-bond acceptors (Lipinski definition) is 2. The van der Waals surface area contributed by atoms with Crippen LogP contribution in [0.4, 0.5) is 4.39 Å². The SMILES string of the molecule is C#CCN1CCC[C@@H]1Cc1c[nH]c2c(F)cc(OC)cc12. The van der Waals surface area contributed by atoms with E-state index in [2.05, 4.69) is 15.8 Å². The number of likely N-dealkylation sites (tertiary alicyclic amines) is 1. The summed E-state index contributed by atoms with van der Waals surface area (Å²) in [6.07, 6.45) is 10.5. The van der Waals surface area contributed by atoms with Crippen LogP contribution in [0.25, 0.3) is 10.9 Å². The van der Waals surface area contributed by atoms with Crippen LogP contribution in [-0.2, 0) is 6.42 Å². The smallest absolute Gasteiger partial charge is 0.150 e. The first kappa shape index (κ1) is 14.0. The van der Waals surface area contributed by atoms with Crippen LogP contribution in [0, 0.1) is 18.2 Å². The van der Waals surface area contributed by atoms with Gasteiger partial charge in [0.25, 0.3) is 0 Å². The van der Waals surface area contributed by atoms with Crippen LogP contribution in [-0.4, -0.2) is 36.1 Å². The Hall–Kier alpha value is -1.99. The molecule has 1 N–H and O–H groups in total. The maximum atomic E-state index is 14.0. The van der Waals surface area contributed by atoms with Crippen LogP contribution < -0.4 is 4.74 Å². The van der Waals surface area contributed by atoms with Gasteiger partial charge in [-0.3, -0.25) is 4.90 Å². The number of hydrogen-bond donors (Lipinski definition) is 1. The van der Waals surface area contributed by atoms with E-state index in [1.165, 1.54) is 12.5 Å². The van der Waals surface area contributed by atoms with Crippen molar-refractivity contribution >= 4 is 10.9 Å². The average molecular weight is 286 g/mol. The number of rotatable bonds is 4. The lowest BCUT2D eigenvalue weighted by Crippen LogP contribution is -2.31. The van der Waals surface area contributed by atoms with Crippen LogP contribution >= 0.6 is 0 Å². The Kier molecular flexibility index (Phi) is 3.85. The number of ether oxygens (including phenoxy) is 1. The number of benzene rings is 1. The van der Waals surface area contributed by atoms with Crippen molar-refractivity contribution in [3.63, 3.8) is 0 Å². The van der Waals surface area contributed by atoms with Crippen LogP contribution in [0.5, 0.6) is 5.75 Å². The summed E-state index contributed by atoms with van der Waals surface area (Å²) in [6.45, 7) is 1.74. The molecule has 2 aromatic rings. The third kappa shape index (κ3) is 2.62. The topological polar surface area (TPSA) is 28.3 Å². The zero-order valence-electron chi connectivity index (χ0n) is 12.2. The molecule has 1 atom stereocenters. The van der Waals surface area contributed by atoms with Gasteiger partial charge in [-0.25, -0.2) is 4.39 Å². The van der Waals surface area contributed by atoms with E-state index in [9.17, 15) is 4.39 Å². The summed E-state index contributed by atoms with van der Waals surface area (Å²) in [5.41, 5.74) is 1.67. The fraction of sp³-hybridized carbons (Fsp3) is 0.412. The number of aromatic nitrogens is 1. The van der Waals surface area contributed by atoms with Crippen molar-refractivity contribution in [1.82, 2.24) is 9.88 Å². The molecule has 1 saturated heterocycles. The third-order valence-corrected chi connectivity index (χ3v) is 4.29.